The Morgan fingerprint density at radius 1 is 1.29 bits per heavy atom. The Bertz CT molecular complexity index is 834. The van der Waals surface area contributed by atoms with Gasteiger partial charge in [0, 0.05) is 28.6 Å². The van der Waals surface area contributed by atoms with E-state index in [1.54, 1.807) is 4.90 Å². The molecule has 9 nitrogen and oxygen atoms in total. The molecule has 28 heavy (non-hydrogen) atoms. The topological polar surface area (TPSA) is 123 Å². The molecule has 1 aromatic carbocycles. The van der Waals surface area contributed by atoms with Gasteiger partial charge >= 0.3 is 11.9 Å². The molecule has 0 bridgehead atoms. The maximum atomic E-state index is 12.3. The third-order valence-electron chi connectivity index (χ3n) is 4.34. The van der Waals surface area contributed by atoms with Crippen LogP contribution < -0.4 is 0 Å². The number of hydrogen-bond acceptors (Lipinski definition) is 9. The summed E-state index contributed by atoms with van der Waals surface area (Å²) in [4.78, 5) is 36.5. The van der Waals surface area contributed by atoms with E-state index in [0.29, 0.717) is 11.4 Å². The third kappa shape index (κ3) is 4.33. The van der Waals surface area contributed by atoms with Crippen molar-refractivity contribution in [1.82, 2.24) is 4.90 Å². The van der Waals surface area contributed by atoms with E-state index >= 15 is 0 Å². The standard InChI is InChI=1S/C18H21N3O6S/c1-18(2)15(17(23)27-4)20(10-28-18)9-13(16(22)26-3)14(19)11-5-7-12(8-6-11)21(24)25/h5-9,15,19H,10H2,1-4H3/b13-9+,19-14?. The predicted molar refractivity (Wildman–Crippen MR) is 104 cm³/mol. The van der Waals surface area contributed by atoms with Crippen molar-refractivity contribution in [2.45, 2.75) is 24.6 Å². The Morgan fingerprint density at radius 2 is 1.89 bits per heavy atom. The van der Waals surface area contributed by atoms with E-state index in [4.69, 9.17) is 14.9 Å². The normalized spacial score (nSPS) is 18.5. The van der Waals surface area contributed by atoms with Gasteiger partial charge in [-0.1, -0.05) is 0 Å². The number of nitro groups is 1. The van der Waals surface area contributed by atoms with Crippen LogP contribution in [0.5, 0.6) is 0 Å². The highest BCUT2D eigenvalue weighted by Crippen LogP contribution is 2.40. The minimum Gasteiger partial charge on any atom is -0.467 e. The maximum absolute atomic E-state index is 12.3. The van der Waals surface area contributed by atoms with Crippen molar-refractivity contribution in [1.29, 1.82) is 5.41 Å². The molecule has 1 aromatic rings. The van der Waals surface area contributed by atoms with Crippen molar-refractivity contribution >= 4 is 35.1 Å². The number of hydrogen-bond donors (Lipinski definition) is 1. The summed E-state index contributed by atoms with van der Waals surface area (Å²) in [6, 6.07) is 4.64. The van der Waals surface area contributed by atoms with Gasteiger partial charge in [-0.15, -0.1) is 11.8 Å². The fourth-order valence-corrected chi connectivity index (χ4v) is 3.93. The molecule has 0 amide bonds. The number of carbonyl (C=O) groups excluding carboxylic acids is 2. The lowest BCUT2D eigenvalue weighted by Crippen LogP contribution is -2.45. The molecule has 1 N–H and O–H groups in total. The monoisotopic (exact) mass is 407 g/mol. The smallest absolute Gasteiger partial charge is 0.341 e. The van der Waals surface area contributed by atoms with Crippen LogP contribution in [0.4, 0.5) is 5.69 Å². The Morgan fingerprint density at radius 3 is 2.39 bits per heavy atom. The fourth-order valence-electron chi connectivity index (χ4n) is 2.84. The molecule has 1 heterocycles. The second-order valence-corrected chi connectivity index (χ2v) is 8.13. The zero-order valence-corrected chi connectivity index (χ0v) is 16.7. The third-order valence-corrected chi connectivity index (χ3v) is 5.73. The zero-order chi connectivity index (χ0) is 21.1. The van der Waals surface area contributed by atoms with Crippen LogP contribution in [0.25, 0.3) is 0 Å². The van der Waals surface area contributed by atoms with E-state index in [0.717, 1.165) is 0 Å². The van der Waals surface area contributed by atoms with E-state index in [1.807, 2.05) is 13.8 Å². The van der Waals surface area contributed by atoms with Gasteiger partial charge in [0.05, 0.1) is 30.7 Å². The molecule has 1 saturated heterocycles. The first-order valence-electron chi connectivity index (χ1n) is 8.23. The first kappa shape index (κ1) is 21.4. The number of nitrogens with one attached hydrogen (secondary N) is 1. The lowest BCUT2D eigenvalue weighted by Gasteiger charge is -2.28. The largest absolute Gasteiger partial charge is 0.467 e. The van der Waals surface area contributed by atoms with Crippen LogP contribution in [-0.4, -0.2) is 58.4 Å². The van der Waals surface area contributed by atoms with Gasteiger partial charge < -0.3 is 14.4 Å². The van der Waals surface area contributed by atoms with Crippen molar-refractivity contribution in [3.63, 3.8) is 0 Å². The summed E-state index contributed by atoms with van der Waals surface area (Å²) in [7, 11) is 2.49. The molecular formula is C18H21N3O6S. The average Bonchev–Trinajstić information content (AvgIpc) is 2.98. The highest BCUT2D eigenvalue weighted by Gasteiger charge is 2.46. The number of non-ortho nitro benzene ring substituents is 1. The molecule has 0 radical (unpaired) electrons. The first-order chi connectivity index (χ1) is 13.1. The Kier molecular flexibility index (Phi) is 6.45. The van der Waals surface area contributed by atoms with Crippen LogP contribution in [0.15, 0.2) is 36.0 Å². The molecule has 10 heteroatoms. The molecule has 1 aliphatic rings. The summed E-state index contributed by atoms with van der Waals surface area (Å²) in [6.45, 7) is 3.79. The second kappa shape index (κ2) is 8.42. The van der Waals surface area contributed by atoms with Gasteiger partial charge in [0.25, 0.3) is 5.69 Å². The lowest BCUT2D eigenvalue weighted by molar-refractivity contribution is -0.384. The number of methoxy groups -OCH3 is 2. The van der Waals surface area contributed by atoms with Gasteiger partial charge in [0.15, 0.2) is 0 Å². The lowest BCUT2D eigenvalue weighted by atomic mass is 10.00. The predicted octanol–water partition coefficient (Wildman–Crippen LogP) is 2.35. The number of nitro benzene ring substituents is 1. The van der Waals surface area contributed by atoms with Gasteiger partial charge in [-0.05, 0) is 26.0 Å². The summed E-state index contributed by atoms with van der Waals surface area (Å²) in [5, 5.41) is 19.2. The van der Waals surface area contributed by atoms with Gasteiger partial charge in [0.1, 0.15) is 11.6 Å². The Labute approximate surface area is 166 Å². The maximum Gasteiger partial charge on any atom is 0.341 e. The fraction of sp³-hybridized carbons (Fsp3) is 0.389. The van der Waals surface area contributed by atoms with Crippen molar-refractivity contribution < 1.29 is 24.0 Å². The minimum atomic E-state index is -0.748. The van der Waals surface area contributed by atoms with Crippen molar-refractivity contribution in [3.05, 3.63) is 51.7 Å². The van der Waals surface area contributed by atoms with Crippen molar-refractivity contribution in [2.75, 3.05) is 20.1 Å². The minimum absolute atomic E-state index is 0.0662. The second-order valence-electron chi connectivity index (χ2n) is 6.53. The zero-order valence-electron chi connectivity index (χ0n) is 15.9. The van der Waals surface area contributed by atoms with E-state index in [2.05, 4.69) is 0 Å². The molecule has 150 valence electrons. The molecule has 1 fully saturated rings. The number of ether oxygens (including phenoxy) is 2. The van der Waals surface area contributed by atoms with Gasteiger partial charge in [-0.25, -0.2) is 9.59 Å². The molecule has 2 rings (SSSR count). The van der Waals surface area contributed by atoms with Crippen LogP contribution in [0.3, 0.4) is 0 Å². The molecule has 0 saturated carbocycles. The summed E-state index contributed by atoms with van der Waals surface area (Å²) in [5.41, 5.74) is -0.0461. The molecule has 1 aliphatic heterocycles. The number of carbonyl (C=O) groups is 2. The molecule has 1 atom stereocenters. The molecule has 0 aromatic heterocycles. The molecule has 0 aliphatic carbocycles. The quantitative estimate of drug-likeness (QED) is 0.251. The molecule has 1 unspecified atom stereocenters. The number of benzene rings is 1. The number of rotatable bonds is 6. The van der Waals surface area contributed by atoms with Crippen LogP contribution >= 0.6 is 11.8 Å². The highest BCUT2D eigenvalue weighted by molar-refractivity contribution is 8.00. The number of esters is 2. The number of thioether (sulfide) groups is 1. The van der Waals surface area contributed by atoms with Crippen LogP contribution in [0.1, 0.15) is 19.4 Å². The van der Waals surface area contributed by atoms with E-state index in [1.165, 1.54) is 56.4 Å². The number of nitrogens with zero attached hydrogens (tertiary/aromatic N) is 2. The SMILES string of the molecule is COC(=O)/C(=C/N1CSC(C)(C)C1C(=O)OC)C(=N)c1ccc([N+](=O)[O-])cc1. The average molecular weight is 407 g/mol. The van der Waals surface area contributed by atoms with Crippen LogP contribution in [-0.2, 0) is 19.1 Å². The summed E-state index contributed by atoms with van der Waals surface area (Å²) in [5.74, 6) is -0.778. The summed E-state index contributed by atoms with van der Waals surface area (Å²) < 4.78 is 9.23. The van der Waals surface area contributed by atoms with Crippen LogP contribution in [0, 0.1) is 15.5 Å². The van der Waals surface area contributed by atoms with Crippen LogP contribution in [0.2, 0.25) is 0 Å². The highest BCUT2D eigenvalue weighted by atomic mass is 32.2. The summed E-state index contributed by atoms with van der Waals surface area (Å²) in [6.07, 6.45) is 1.42. The van der Waals surface area contributed by atoms with Crippen molar-refractivity contribution in [3.8, 4) is 0 Å². The summed E-state index contributed by atoms with van der Waals surface area (Å²) >= 11 is 1.52. The van der Waals surface area contributed by atoms with Gasteiger partial charge in [-0.2, -0.15) is 0 Å². The van der Waals surface area contributed by atoms with E-state index in [9.17, 15) is 19.7 Å². The van der Waals surface area contributed by atoms with E-state index < -0.39 is 27.7 Å². The first-order valence-corrected chi connectivity index (χ1v) is 9.22. The molecule has 0 spiro atoms. The van der Waals surface area contributed by atoms with Gasteiger partial charge in [-0.3, -0.25) is 15.5 Å². The molecular weight excluding hydrogens is 386 g/mol. The van der Waals surface area contributed by atoms with E-state index in [-0.39, 0.29) is 17.0 Å². The van der Waals surface area contributed by atoms with Gasteiger partial charge in [0.2, 0.25) is 0 Å². The van der Waals surface area contributed by atoms with Crippen molar-refractivity contribution in [2.24, 2.45) is 0 Å². The Hall–Kier alpha value is -2.88. The Balaban J connectivity index is 2.42.